The van der Waals surface area contributed by atoms with E-state index in [-0.39, 0.29) is 17.9 Å². The average Bonchev–Trinajstić information content (AvgIpc) is 2.60. The van der Waals surface area contributed by atoms with Crippen molar-refractivity contribution in [1.82, 2.24) is 10.2 Å². The summed E-state index contributed by atoms with van der Waals surface area (Å²) < 4.78 is 0. The molecule has 0 aromatic heterocycles. The van der Waals surface area contributed by atoms with Crippen LogP contribution in [0.3, 0.4) is 0 Å². The van der Waals surface area contributed by atoms with Crippen molar-refractivity contribution >= 4 is 11.8 Å². The molecular weight excluding hydrogens is 300 g/mol. The maximum Gasteiger partial charge on any atom is 0.222 e. The molecule has 0 aliphatic carbocycles. The highest BCUT2D eigenvalue weighted by atomic mass is 16.2. The van der Waals surface area contributed by atoms with Crippen LogP contribution in [-0.4, -0.2) is 35.8 Å². The number of nitrogens with one attached hydrogen (secondary N) is 1. The molecule has 1 saturated heterocycles. The summed E-state index contributed by atoms with van der Waals surface area (Å²) in [6, 6.07) is 8.55. The number of carbonyl (C=O) groups is 2. The molecule has 0 radical (unpaired) electrons. The molecule has 1 fully saturated rings. The fraction of sp³-hybridized carbons (Fsp3) is 0.600. The summed E-state index contributed by atoms with van der Waals surface area (Å²) >= 11 is 0. The lowest BCUT2D eigenvalue weighted by molar-refractivity contribution is -0.132. The quantitative estimate of drug-likeness (QED) is 0.834. The largest absolute Gasteiger partial charge is 0.353 e. The summed E-state index contributed by atoms with van der Waals surface area (Å²) in [6.07, 6.45) is 5.72. The van der Waals surface area contributed by atoms with E-state index in [0.29, 0.717) is 12.8 Å². The van der Waals surface area contributed by atoms with Crippen molar-refractivity contribution in [3.8, 4) is 0 Å². The van der Waals surface area contributed by atoms with Crippen molar-refractivity contribution in [2.24, 2.45) is 0 Å². The lowest BCUT2D eigenvalue weighted by atomic mass is 10.0. The zero-order valence-corrected chi connectivity index (χ0v) is 15.0. The number of amides is 2. The van der Waals surface area contributed by atoms with Gasteiger partial charge in [-0.25, -0.2) is 0 Å². The molecule has 24 heavy (non-hydrogen) atoms. The predicted molar refractivity (Wildman–Crippen MR) is 96.8 cm³/mol. The molecule has 0 saturated carbocycles. The number of piperidine rings is 1. The summed E-state index contributed by atoms with van der Waals surface area (Å²) in [5, 5.41) is 3.13. The third-order valence-corrected chi connectivity index (χ3v) is 4.72. The Kier molecular flexibility index (Phi) is 7.29. The first kappa shape index (κ1) is 18.5. The molecule has 0 unspecified atom stereocenters. The number of benzene rings is 1. The molecular formula is C20H30N2O2. The van der Waals surface area contributed by atoms with E-state index < -0.39 is 0 Å². The minimum atomic E-state index is 0.117. The number of unbranched alkanes of at least 4 members (excludes halogenated alkanes) is 1. The van der Waals surface area contributed by atoms with Crippen molar-refractivity contribution < 1.29 is 9.59 Å². The molecule has 4 heteroatoms. The van der Waals surface area contributed by atoms with Crippen LogP contribution >= 0.6 is 0 Å². The molecule has 1 heterocycles. The normalized spacial score (nSPS) is 15.3. The molecule has 0 atom stereocenters. The van der Waals surface area contributed by atoms with Crippen LogP contribution in [0.4, 0.5) is 0 Å². The molecule has 1 aromatic rings. The first-order valence-electron chi connectivity index (χ1n) is 9.21. The second kappa shape index (κ2) is 9.45. The van der Waals surface area contributed by atoms with Crippen LogP contribution < -0.4 is 5.32 Å². The van der Waals surface area contributed by atoms with Crippen LogP contribution in [-0.2, 0) is 16.0 Å². The van der Waals surface area contributed by atoms with E-state index in [4.69, 9.17) is 0 Å². The van der Waals surface area contributed by atoms with Gasteiger partial charge in [0.25, 0.3) is 0 Å². The Labute approximate surface area is 145 Å². The van der Waals surface area contributed by atoms with Crippen LogP contribution in [0.15, 0.2) is 24.3 Å². The van der Waals surface area contributed by atoms with E-state index in [9.17, 15) is 9.59 Å². The van der Waals surface area contributed by atoms with Crippen molar-refractivity contribution in [3.63, 3.8) is 0 Å². The molecule has 132 valence electrons. The Balaban J connectivity index is 1.66. The molecule has 0 bridgehead atoms. The number of carbonyl (C=O) groups excluding carboxylic acids is 2. The van der Waals surface area contributed by atoms with Gasteiger partial charge in [0, 0.05) is 32.0 Å². The van der Waals surface area contributed by atoms with Gasteiger partial charge in [-0.2, -0.15) is 0 Å². The van der Waals surface area contributed by atoms with E-state index in [1.807, 2.05) is 4.90 Å². The van der Waals surface area contributed by atoms with E-state index >= 15 is 0 Å². The van der Waals surface area contributed by atoms with Crippen LogP contribution in [0, 0.1) is 6.92 Å². The zero-order valence-electron chi connectivity index (χ0n) is 15.0. The molecule has 0 spiro atoms. The minimum absolute atomic E-state index is 0.117. The Bertz CT molecular complexity index is 531. The van der Waals surface area contributed by atoms with Gasteiger partial charge in [-0.15, -0.1) is 0 Å². The number of likely N-dealkylation sites (tertiary alicyclic amines) is 1. The highest BCUT2D eigenvalue weighted by molar-refractivity contribution is 5.77. The standard InChI is InChI=1S/C20H30N2O2/c1-3-4-5-20(24)22-14-12-18(13-15-22)21-19(23)11-10-17-8-6-16(2)7-9-17/h6-9,18H,3-5,10-15H2,1-2H3,(H,21,23). The monoisotopic (exact) mass is 330 g/mol. The minimum Gasteiger partial charge on any atom is -0.353 e. The fourth-order valence-electron chi connectivity index (χ4n) is 3.07. The van der Waals surface area contributed by atoms with Gasteiger partial charge in [-0.05, 0) is 38.2 Å². The second-order valence-electron chi connectivity index (χ2n) is 6.81. The lowest BCUT2D eigenvalue weighted by Crippen LogP contribution is -2.46. The van der Waals surface area contributed by atoms with Gasteiger partial charge in [-0.3, -0.25) is 9.59 Å². The van der Waals surface area contributed by atoms with Gasteiger partial charge in [0.1, 0.15) is 0 Å². The topological polar surface area (TPSA) is 49.4 Å². The third-order valence-electron chi connectivity index (χ3n) is 4.72. The zero-order chi connectivity index (χ0) is 17.4. The van der Waals surface area contributed by atoms with Crippen molar-refractivity contribution in [1.29, 1.82) is 0 Å². The van der Waals surface area contributed by atoms with Crippen LogP contribution in [0.1, 0.15) is 56.6 Å². The number of rotatable bonds is 7. The van der Waals surface area contributed by atoms with Gasteiger partial charge in [0.05, 0.1) is 0 Å². The second-order valence-corrected chi connectivity index (χ2v) is 6.81. The van der Waals surface area contributed by atoms with Crippen molar-refractivity contribution in [2.75, 3.05) is 13.1 Å². The summed E-state index contributed by atoms with van der Waals surface area (Å²) in [5.41, 5.74) is 2.44. The van der Waals surface area contributed by atoms with E-state index in [2.05, 4.69) is 43.4 Å². The Hall–Kier alpha value is -1.84. The van der Waals surface area contributed by atoms with Gasteiger partial charge in [0.15, 0.2) is 0 Å². The molecule has 1 aliphatic heterocycles. The van der Waals surface area contributed by atoms with E-state index in [1.54, 1.807) is 0 Å². The first-order chi connectivity index (χ1) is 11.6. The summed E-state index contributed by atoms with van der Waals surface area (Å²) in [5.74, 6) is 0.382. The van der Waals surface area contributed by atoms with E-state index in [0.717, 1.165) is 45.2 Å². The molecule has 1 N–H and O–H groups in total. The number of hydrogen-bond donors (Lipinski definition) is 1. The number of nitrogens with zero attached hydrogens (tertiary/aromatic N) is 1. The molecule has 2 rings (SSSR count). The Morgan fingerprint density at radius 1 is 1.12 bits per heavy atom. The summed E-state index contributed by atoms with van der Waals surface area (Å²) in [4.78, 5) is 26.1. The Morgan fingerprint density at radius 2 is 1.79 bits per heavy atom. The average molecular weight is 330 g/mol. The summed E-state index contributed by atoms with van der Waals surface area (Å²) in [7, 11) is 0. The summed E-state index contributed by atoms with van der Waals surface area (Å²) in [6.45, 7) is 5.71. The maximum absolute atomic E-state index is 12.1. The third kappa shape index (κ3) is 5.99. The Morgan fingerprint density at radius 3 is 2.42 bits per heavy atom. The molecule has 2 amide bonds. The van der Waals surface area contributed by atoms with Crippen LogP contribution in [0.25, 0.3) is 0 Å². The smallest absolute Gasteiger partial charge is 0.222 e. The highest BCUT2D eigenvalue weighted by Gasteiger charge is 2.23. The highest BCUT2D eigenvalue weighted by Crippen LogP contribution is 2.13. The lowest BCUT2D eigenvalue weighted by Gasteiger charge is -2.32. The van der Waals surface area contributed by atoms with Gasteiger partial charge in [0.2, 0.25) is 11.8 Å². The SMILES string of the molecule is CCCCC(=O)N1CCC(NC(=O)CCc2ccc(C)cc2)CC1. The van der Waals surface area contributed by atoms with Gasteiger partial charge in [-0.1, -0.05) is 43.2 Å². The molecule has 4 nitrogen and oxygen atoms in total. The fourth-order valence-corrected chi connectivity index (χ4v) is 3.07. The van der Waals surface area contributed by atoms with Gasteiger partial charge >= 0.3 is 0 Å². The first-order valence-corrected chi connectivity index (χ1v) is 9.21. The van der Waals surface area contributed by atoms with Crippen LogP contribution in [0.2, 0.25) is 0 Å². The molecule has 1 aromatic carbocycles. The number of aryl methyl sites for hydroxylation is 2. The van der Waals surface area contributed by atoms with Crippen LogP contribution in [0.5, 0.6) is 0 Å². The molecule has 1 aliphatic rings. The van der Waals surface area contributed by atoms with Gasteiger partial charge < -0.3 is 10.2 Å². The van der Waals surface area contributed by atoms with Crippen molar-refractivity contribution in [3.05, 3.63) is 35.4 Å². The maximum atomic E-state index is 12.1. The number of hydrogen-bond acceptors (Lipinski definition) is 2. The van der Waals surface area contributed by atoms with Crippen molar-refractivity contribution in [2.45, 2.75) is 64.8 Å². The van der Waals surface area contributed by atoms with E-state index in [1.165, 1.54) is 11.1 Å². The predicted octanol–water partition coefficient (Wildman–Crippen LogP) is 3.23.